The molecule has 74 valence electrons. The Kier molecular flexibility index (Phi) is 1.99. The molecule has 2 aromatic rings. The minimum Gasteiger partial charge on any atom is -0.374 e. The maximum absolute atomic E-state index is 5.54. The summed E-state index contributed by atoms with van der Waals surface area (Å²) < 4.78 is 1.84. The van der Waals surface area contributed by atoms with Crippen LogP contribution >= 0.6 is 11.3 Å². The van der Waals surface area contributed by atoms with Crippen LogP contribution in [0, 0.1) is 13.8 Å². The van der Waals surface area contributed by atoms with Crippen LogP contribution in [0.4, 0.5) is 5.13 Å². The van der Waals surface area contributed by atoms with Crippen molar-refractivity contribution in [2.75, 3.05) is 5.73 Å². The van der Waals surface area contributed by atoms with Gasteiger partial charge in [-0.2, -0.15) is 5.10 Å². The highest BCUT2D eigenvalue weighted by atomic mass is 32.1. The fourth-order valence-corrected chi connectivity index (χ4v) is 2.18. The molecule has 2 aromatic heterocycles. The first-order valence-corrected chi connectivity index (χ1v) is 5.01. The standard InChI is InChI=1S/C8H11N5S/c1-4-6(5(2)13(3)12-4)7-10-11-8(9)14-7/h1-3H3,(H2,9,11). The SMILES string of the molecule is Cc1nn(C)c(C)c1-c1nnc(N)s1. The van der Waals surface area contributed by atoms with Crippen molar-refractivity contribution in [2.45, 2.75) is 13.8 Å². The number of rotatable bonds is 1. The normalized spacial score (nSPS) is 10.8. The molecule has 0 aliphatic carbocycles. The molecule has 0 saturated heterocycles. The zero-order valence-electron chi connectivity index (χ0n) is 8.27. The topological polar surface area (TPSA) is 69.6 Å². The lowest BCUT2D eigenvalue weighted by molar-refractivity contribution is 0.731. The Morgan fingerprint density at radius 3 is 2.43 bits per heavy atom. The van der Waals surface area contributed by atoms with Crippen molar-refractivity contribution in [1.29, 1.82) is 0 Å². The van der Waals surface area contributed by atoms with Crippen LogP contribution in [0.5, 0.6) is 0 Å². The first-order valence-electron chi connectivity index (χ1n) is 4.19. The van der Waals surface area contributed by atoms with E-state index < -0.39 is 0 Å². The Morgan fingerprint density at radius 2 is 2.00 bits per heavy atom. The highest BCUT2D eigenvalue weighted by Gasteiger charge is 2.15. The maximum atomic E-state index is 5.54. The van der Waals surface area contributed by atoms with Gasteiger partial charge in [-0.05, 0) is 13.8 Å². The lowest BCUT2D eigenvalue weighted by atomic mass is 10.2. The van der Waals surface area contributed by atoms with Gasteiger partial charge >= 0.3 is 0 Å². The van der Waals surface area contributed by atoms with Crippen LogP contribution in [0.25, 0.3) is 10.6 Å². The first kappa shape index (κ1) is 9.14. The molecular weight excluding hydrogens is 198 g/mol. The third-order valence-electron chi connectivity index (χ3n) is 2.16. The molecule has 0 aliphatic rings. The van der Waals surface area contributed by atoms with Crippen LogP contribution in [0.1, 0.15) is 11.4 Å². The third kappa shape index (κ3) is 1.27. The Labute approximate surface area is 85.6 Å². The predicted octanol–water partition coefficient (Wildman–Crippen LogP) is 1.14. The molecule has 0 aliphatic heterocycles. The van der Waals surface area contributed by atoms with E-state index in [4.69, 9.17) is 5.73 Å². The van der Waals surface area contributed by atoms with Gasteiger partial charge in [0, 0.05) is 12.7 Å². The van der Waals surface area contributed by atoms with E-state index in [1.54, 1.807) is 0 Å². The van der Waals surface area contributed by atoms with Crippen molar-refractivity contribution in [3.05, 3.63) is 11.4 Å². The van der Waals surface area contributed by atoms with E-state index in [1.165, 1.54) is 11.3 Å². The van der Waals surface area contributed by atoms with E-state index in [-0.39, 0.29) is 0 Å². The summed E-state index contributed by atoms with van der Waals surface area (Å²) >= 11 is 1.38. The van der Waals surface area contributed by atoms with Crippen LogP contribution in [-0.4, -0.2) is 20.0 Å². The molecule has 0 atom stereocenters. The molecule has 6 heteroatoms. The molecule has 5 nitrogen and oxygen atoms in total. The highest BCUT2D eigenvalue weighted by molar-refractivity contribution is 7.18. The van der Waals surface area contributed by atoms with Gasteiger partial charge in [-0.1, -0.05) is 11.3 Å². The highest BCUT2D eigenvalue weighted by Crippen LogP contribution is 2.29. The van der Waals surface area contributed by atoms with E-state index in [0.717, 1.165) is 22.0 Å². The van der Waals surface area contributed by atoms with Crippen molar-refractivity contribution in [1.82, 2.24) is 20.0 Å². The number of aryl methyl sites for hydroxylation is 2. The Hall–Kier alpha value is -1.43. The fraction of sp³-hybridized carbons (Fsp3) is 0.375. The summed E-state index contributed by atoms with van der Waals surface area (Å²) in [7, 11) is 1.91. The van der Waals surface area contributed by atoms with Crippen LogP contribution in [-0.2, 0) is 7.05 Å². The number of nitrogens with two attached hydrogens (primary N) is 1. The number of anilines is 1. The van der Waals surface area contributed by atoms with Gasteiger partial charge in [0.05, 0.1) is 11.3 Å². The second-order valence-corrected chi connectivity index (χ2v) is 4.12. The molecule has 0 radical (unpaired) electrons. The summed E-state index contributed by atoms with van der Waals surface area (Å²) in [6.07, 6.45) is 0. The summed E-state index contributed by atoms with van der Waals surface area (Å²) in [6, 6.07) is 0. The van der Waals surface area contributed by atoms with E-state index >= 15 is 0 Å². The smallest absolute Gasteiger partial charge is 0.203 e. The quantitative estimate of drug-likeness (QED) is 0.764. The van der Waals surface area contributed by atoms with Crippen molar-refractivity contribution < 1.29 is 0 Å². The number of hydrogen-bond acceptors (Lipinski definition) is 5. The Morgan fingerprint density at radius 1 is 1.29 bits per heavy atom. The van der Waals surface area contributed by atoms with Crippen LogP contribution < -0.4 is 5.73 Å². The number of aromatic nitrogens is 4. The Balaban J connectivity index is 2.61. The molecule has 0 fully saturated rings. The van der Waals surface area contributed by atoms with Crippen LogP contribution in [0.3, 0.4) is 0 Å². The third-order valence-corrected chi connectivity index (χ3v) is 2.93. The minimum absolute atomic E-state index is 0.489. The summed E-state index contributed by atoms with van der Waals surface area (Å²) in [5.41, 5.74) is 8.63. The summed E-state index contributed by atoms with van der Waals surface area (Å²) in [4.78, 5) is 0. The van der Waals surface area contributed by atoms with Gasteiger partial charge in [-0.15, -0.1) is 10.2 Å². The van der Waals surface area contributed by atoms with Crippen molar-refractivity contribution in [3.63, 3.8) is 0 Å². The van der Waals surface area contributed by atoms with Crippen LogP contribution in [0.2, 0.25) is 0 Å². The lowest BCUT2D eigenvalue weighted by Gasteiger charge is -1.94. The van der Waals surface area contributed by atoms with E-state index in [2.05, 4.69) is 15.3 Å². The minimum atomic E-state index is 0.489. The average Bonchev–Trinajstić information content (AvgIpc) is 2.60. The van der Waals surface area contributed by atoms with E-state index in [0.29, 0.717) is 5.13 Å². The van der Waals surface area contributed by atoms with Crippen molar-refractivity contribution >= 4 is 16.5 Å². The van der Waals surface area contributed by atoms with Gasteiger partial charge in [0.2, 0.25) is 5.13 Å². The van der Waals surface area contributed by atoms with Crippen molar-refractivity contribution in [2.24, 2.45) is 7.05 Å². The van der Waals surface area contributed by atoms with Gasteiger partial charge in [0.15, 0.2) is 5.01 Å². The van der Waals surface area contributed by atoms with E-state index in [1.807, 2.05) is 25.6 Å². The molecule has 2 N–H and O–H groups in total. The molecule has 2 heterocycles. The van der Waals surface area contributed by atoms with Gasteiger partial charge in [-0.3, -0.25) is 4.68 Å². The maximum Gasteiger partial charge on any atom is 0.203 e. The van der Waals surface area contributed by atoms with Gasteiger partial charge in [0.25, 0.3) is 0 Å². The fourth-order valence-electron chi connectivity index (χ4n) is 1.42. The van der Waals surface area contributed by atoms with Crippen LogP contribution in [0.15, 0.2) is 0 Å². The molecular formula is C8H11N5S. The molecule has 0 spiro atoms. The summed E-state index contributed by atoms with van der Waals surface area (Å²) in [6.45, 7) is 3.97. The number of nitrogen functional groups attached to an aromatic ring is 1. The zero-order chi connectivity index (χ0) is 10.3. The second kappa shape index (κ2) is 3.06. The van der Waals surface area contributed by atoms with Gasteiger partial charge in [-0.25, -0.2) is 0 Å². The summed E-state index contributed by atoms with van der Waals surface area (Å²) in [5, 5.41) is 13.4. The molecule has 0 amide bonds. The predicted molar refractivity (Wildman–Crippen MR) is 56.0 cm³/mol. The largest absolute Gasteiger partial charge is 0.374 e. The molecule has 0 saturated carbocycles. The first-order chi connectivity index (χ1) is 6.59. The molecule has 2 rings (SSSR count). The average molecular weight is 209 g/mol. The monoisotopic (exact) mass is 209 g/mol. The number of hydrogen-bond donors (Lipinski definition) is 1. The summed E-state index contributed by atoms with van der Waals surface area (Å²) in [5.74, 6) is 0. The number of nitrogens with zero attached hydrogens (tertiary/aromatic N) is 4. The molecule has 0 unspecified atom stereocenters. The molecule has 0 bridgehead atoms. The Bertz CT molecular complexity index is 470. The molecule has 0 aromatic carbocycles. The second-order valence-electron chi connectivity index (χ2n) is 3.11. The zero-order valence-corrected chi connectivity index (χ0v) is 9.09. The van der Waals surface area contributed by atoms with Crippen molar-refractivity contribution in [3.8, 4) is 10.6 Å². The lowest BCUT2D eigenvalue weighted by Crippen LogP contribution is -1.92. The van der Waals surface area contributed by atoms with Gasteiger partial charge < -0.3 is 5.73 Å². The molecule has 14 heavy (non-hydrogen) atoms. The van der Waals surface area contributed by atoms with E-state index in [9.17, 15) is 0 Å². The van der Waals surface area contributed by atoms with Gasteiger partial charge in [0.1, 0.15) is 0 Å².